The molecular formula is C34H33FN2O5. The first-order chi connectivity index (χ1) is 20.4. The lowest BCUT2D eigenvalue weighted by molar-refractivity contribution is -0.141. The van der Waals surface area contributed by atoms with E-state index >= 15 is 0 Å². The van der Waals surface area contributed by atoms with E-state index in [9.17, 15) is 18.8 Å². The van der Waals surface area contributed by atoms with E-state index in [0.29, 0.717) is 35.5 Å². The van der Waals surface area contributed by atoms with Crippen molar-refractivity contribution in [2.24, 2.45) is 0 Å². The van der Waals surface area contributed by atoms with Gasteiger partial charge in [0.2, 0.25) is 5.91 Å². The van der Waals surface area contributed by atoms with Crippen LogP contribution in [0.5, 0.6) is 5.75 Å². The minimum atomic E-state index is -0.732. The van der Waals surface area contributed by atoms with Gasteiger partial charge in [0.15, 0.2) is 5.78 Å². The summed E-state index contributed by atoms with van der Waals surface area (Å²) >= 11 is 0. The third-order valence-corrected chi connectivity index (χ3v) is 6.82. The Morgan fingerprint density at radius 1 is 0.833 bits per heavy atom. The summed E-state index contributed by atoms with van der Waals surface area (Å²) in [4.78, 5) is 38.2. The molecule has 0 aliphatic heterocycles. The number of halogens is 1. The fourth-order valence-corrected chi connectivity index (χ4v) is 4.43. The topological polar surface area (TPSA) is 93.7 Å². The normalized spacial score (nSPS) is 12.1. The lowest BCUT2D eigenvalue weighted by Gasteiger charge is -2.20. The predicted molar refractivity (Wildman–Crippen MR) is 159 cm³/mol. The molecule has 0 heterocycles. The van der Waals surface area contributed by atoms with E-state index in [1.54, 1.807) is 79.7 Å². The number of esters is 1. The Bertz CT molecular complexity index is 1490. The number of hydrogen-bond acceptors (Lipinski definition) is 6. The molecule has 2 unspecified atom stereocenters. The Morgan fingerprint density at radius 3 is 2.19 bits per heavy atom. The fourth-order valence-electron chi connectivity index (χ4n) is 4.43. The highest BCUT2D eigenvalue weighted by atomic mass is 19.1. The number of ether oxygens (including phenoxy) is 2. The smallest absolute Gasteiger partial charge is 0.328 e. The van der Waals surface area contributed by atoms with Crippen LogP contribution in [0.3, 0.4) is 0 Å². The van der Waals surface area contributed by atoms with Crippen LogP contribution in [0.2, 0.25) is 0 Å². The van der Waals surface area contributed by atoms with Crippen molar-refractivity contribution in [1.82, 2.24) is 5.32 Å². The van der Waals surface area contributed by atoms with E-state index in [0.717, 1.165) is 11.1 Å². The van der Waals surface area contributed by atoms with E-state index in [4.69, 9.17) is 9.47 Å². The van der Waals surface area contributed by atoms with E-state index in [1.807, 2.05) is 18.2 Å². The summed E-state index contributed by atoms with van der Waals surface area (Å²) in [5, 5.41) is 6.03. The molecule has 0 aliphatic rings. The van der Waals surface area contributed by atoms with Gasteiger partial charge in [0.25, 0.3) is 0 Å². The van der Waals surface area contributed by atoms with Crippen molar-refractivity contribution in [1.29, 1.82) is 0 Å². The van der Waals surface area contributed by atoms with Gasteiger partial charge in [0, 0.05) is 23.2 Å². The number of carbonyl (C=O) groups is 3. The molecule has 0 bridgehead atoms. The molecule has 0 spiro atoms. The van der Waals surface area contributed by atoms with Crippen molar-refractivity contribution in [3.05, 3.63) is 131 Å². The molecule has 2 atom stereocenters. The number of para-hydroxylation sites is 1. The molecule has 0 fully saturated rings. The van der Waals surface area contributed by atoms with Crippen LogP contribution in [-0.4, -0.2) is 44.0 Å². The quantitative estimate of drug-likeness (QED) is 0.125. The number of benzene rings is 4. The van der Waals surface area contributed by atoms with Crippen LogP contribution in [0.25, 0.3) is 0 Å². The van der Waals surface area contributed by atoms with Gasteiger partial charge in [-0.3, -0.25) is 9.59 Å². The maximum absolute atomic E-state index is 13.1. The molecule has 216 valence electrons. The van der Waals surface area contributed by atoms with Crippen LogP contribution in [-0.2, 0) is 20.7 Å². The van der Waals surface area contributed by atoms with Gasteiger partial charge in [-0.15, -0.1) is 0 Å². The number of carbonyl (C=O) groups excluding carboxylic acids is 3. The van der Waals surface area contributed by atoms with Crippen LogP contribution < -0.4 is 15.4 Å². The zero-order chi connectivity index (χ0) is 29.9. The largest absolute Gasteiger partial charge is 0.492 e. The summed E-state index contributed by atoms with van der Waals surface area (Å²) < 4.78 is 23.9. The van der Waals surface area contributed by atoms with Crippen LogP contribution >= 0.6 is 0 Å². The van der Waals surface area contributed by atoms with Gasteiger partial charge < -0.3 is 20.1 Å². The highest BCUT2D eigenvalue weighted by molar-refractivity contribution is 6.12. The first-order valence-corrected chi connectivity index (χ1v) is 13.6. The van der Waals surface area contributed by atoms with Gasteiger partial charge >= 0.3 is 5.97 Å². The number of amides is 1. The molecule has 7 nitrogen and oxygen atoms in total. The van der Waals surface area contributed by atoms with Gasteiger partial charge in [0.05, 0.1) is 19.6 Å². The fraction of sp³-hybridized carbons (Fsp3) is 0.206. The number of anilines is 1. The highest BCUT2D eigenvalue weighted by Crippen LogP contribution is 2.22. The lowest BCUT2D eigenvalue weighted by Crippen LogP contribution is -2.33. The molecule has 4 aromatic rings. The van der Waals surface area contributed by atoms with Crippen molar-refractivity contribution < 1.29 is 28.2 Å². The van der Waals surface area contributed by atoms with E-state index in [-0.39, 0.29) is 24.1 Å². The molecule has 4 rings (SSSR count). The average molecular weight is 569 g/mol. The van der Waals surface area contributed by atoms with Crippen LogP contribution in [0.4, 0.5) is 10.1 Å². The summed E-state index contributed by atoms with van der Waals surface area (Å²) in [5.41, 5.74) is 3.15. The van der Waals surface area contributed by atoms with Crippen molar-refractivity contribution in [3.63, 3.8) is 0 Å². The van der Waals surface area contributed by atoms with Crippen molar-refractivity contribution >= 4 is 23.3 Å². The van der Waals surface area contributed by atoms with Crippen LogP contribution in [0, 0.1) is 5.82 Å². The molecule has 0 aliphatic carbocycles. The summed E-state index contributed by atoms with van der Waals surface area (Å²) in [6, 6.07) is 28.5. The second-order valence-corrected chi connectivity index (χ2v) is 9.72. The Morgan fingerprint density at radius 2 is 1.50 bits per heavy atom. The SMILES string of the molecule is COC(=O)C(Cc1ccc(OCCNC(=O)C(C)c2ccc(F)cc2)cc1)Nc1ccccc1C(=O)c1ccccc1. The summed E-state index contributed by atoms with van der Waals surface area (Å²) in [5.74, 6) is -0.920. The first-order valence-electron chi connectivity index (χ1n) is 13.6. The van der Waals surface area contributed by atoms with Gasteiger partial charge in [-0.2, -0.15) is 0 Å². The maximum Gasteiger partial charge on any atom is 0.328 e. The molecule has 0 radical (unpaired) electrons. The molecule has 2 N–H and O–H groups in total. The molecule has 0 saturated heterocycles. The third kappa shape index (κ3) is 8.04. The second-order valence-electron chi connectivity index (χ2n) is 9.72. The van der Waals surface area contributed by atoms with Gasteiger partial charge in [-0.1, -0.05) is 66.7 Å². The van der Waals surface area contributed by atoms with Crippen LogP contribution in [0.1, 0.15) is 39.9 Å². The van der Waals surface area contributed by atoms with Crippen molar-refractivity contribution in [2.45, 2.75) is 25.3 Å². The molecule has 4 aromatic carbocycles. The Balaban J connectivity index is 1.32. The minimum absolute atomic E-state index is 0.148. The number of ketones is 1. The Kier molecular flexibility index (Phi) is 10.4. The average Bonchev–Trinajstić information content (AvgIpc) is 3.03. The van der Waals surface area contributed by atoms with Crippen molar-refractivity contribution in [3.8, 4) is 5.75 Å². The monoisotopic (exact) mass is 568 g/mol. The number of nitrogens with one attached hydrogen (secondary N) is 2. The first kappa shape index (κ1) is 30.0. The molecule has 42 heavy (non-hydrogen) atoms. The van der Waals surface area contributed by atoms with Gasteiger partial charge in [-0.05, 0) is 54.4 Å². The van der Waals surface area contributed by atoms with Crippen LogP contribution in [0.15, 0.2) is 103 Å². The zero-order valence-corrected chi connectivity index (χ0v) is 23.5. The summed E-state index contributed by atoms with van der Waals surface area (Å²) in [6.07, 6.45) is 0.318. The molecule has 8 heteroatoms. The van der Waals surface area contributed by atoms with Gasteiger partial charge in [-0.25, -0.2) is 9.18 Å². The Labute approximate surface area is 244 Å². The van der Waals surface area contributed by atoms with E-state index < -0.39 is 17.9 Å². The molecule has 0 aromatic heterocycles. The minimum Gasteiger partial charge on any atom is -0.492 e. The lowest BCUT2D eigenvalue weighted by atomic mass is 10.00. The maximum atomic E-state index is 13.1. The zero-order valence-electron chi connectivity index (χ0n) is 23.5. The third-order valence-electron chi connectivity index (χ3n) is 6.82. The summed E-state index contributed by atoms with van der Waals surface area (Å²) in [6.45, 7) is 2.33. The van der Waals surface area contributed by atoms with E-state index in [1.165, 1.54) is 19.2 Å². The molecule has 0 saturated carbocycles. The highest BCUT2D eigenvalue weighted by Gasteiger charge is 2.23. The number of hydrogen-bond donors (Lipinski definition) is 2. The Hall–Kier alpha value is -4.98. The second kappa shape index (κ2) is 14.6. The predicted octanol–water partition coefficient (Wildman–Crippen LogP) is 5.55. The molecular weight excluding hydrogens is 535 g/mol. The standard InChI is InChI=1S/C34H33FN2O5/c1-23(25-14-16-27(35)17-15-25)33(39)36-20-21-42-28-18-12-24(13-19-28)22-31(34(40)41-2)37-30-11-7-6-10-29(30)32(38)26-8-4-3-5-9-26/h3-19,23,31,37H,20-22H2,1-2H3,(H,36,39). The molecule has 1 amide bonds. The van der Waals surface area contributed by atoms with Gasteiger partial charge in [0.1, 0.15) is 24.2 Å². The van der Waals surface area contributed by atoms with E-state index in [2.05, 4.69) is 10.6 Å². The van der Waals surface area contributed by atoms with Crippen molar-refractivity contribution in [2.75, 3.05) is 25.6 Å². The summed E-state index contributed by atoms with van der Waals surface area (Å²) in [7, 11) is 1.33. The number of methoxy groups -OCH3 is 1. The number of rotatable bonds is 13.